The van der Waals surface area contributed by atoms with Gasteiger partial charge in [-0.25, -0.2) is 8.78 Å². The van der Waals surface area contributed by atoms with Crippen molar-refractivity contribution in [1.82, 2.24) is 14.8 Å². The Kier molecular flexibility index (Phi) is 6.51. The van der Waals surface area contributed by atoms with Gasteiger partial charge in [-0.15, -0.1) is 0 Å². The maximum absolute atomic E-state index is 13.6. The number of carbonyl (C=O) groups is 2. The lowest BCUT2D eigenvalue weighted by molar-refractivity contribution is -0.134. The highest BCUT2D eigenvalue weighted by atomic mass is 19.1. The van der Waals surface area contributed by atoms with Gasteiger partial charge in [-0.05, 0) is 61.1 Å². The average molecular weight is 498 g/mol. The second-order valence-corrected chi connectivity index (χ2v) is 9.87. The predicted octanol–water partition coefficient (Wildman–Crippen LogP) is 2.91. The van der Waals surface area contributed by atoms with E-state index in [1.807, 2.05) is 6.07 Å². The van der Waals surface area contributed by atoms with Crippen LogP contribution in [-0.4, -0.2) is 39.0 Å². The van der Waals surface area contributed by atoms with Crippen LogP contribution >= 0.6 is 0 Å². The first-order valence-electron chi connectivity index (χ1n) is 12.4. The van der Waals surface area contributed by atoms with E-state index >= 15 is 0 Å². The van der Waals surface area contributed by atoms with Crippen LogP contribution < -0.4 is 10.9 Å². The quantitative estimate of drug-likeness (QED) is 0.665. The number of allylic oxidation sites excluding steroid dienone is 2. The van der Waals surface area contributed by atoms with Gasteiger partial charge in [0.2, 0.25) is 11.8 Å². The summed E-state index contributed by atoms with van der Waals surface area (Å²) in [6, 6.07) is 5.36. The zero-order valence-corrected chi connectivity index (χ0v) is 20.0. The molecule has 1 fully saturated rings. The van der Waals surface area contributed by atoms with Gasteiger partial charge in [0.15, 0.2) is 0 Å². The van der Waals surface area contributed by atoms with Crippen molar-refractivity contribution in [1.29, 1.82) is 0 Å². The summed E-state index contributed by atoms with van der Waals surface area (Å²) in [5, 5.41) is 13.0. The summed E-state index contributed by atoms with van der Waals surface area (Å²) in [7, 11) is 0. The monoisotopic (exact) mass is 497 g/mol. The van der Waals surface area contributed by atoms with Gasteiger partial charge in [-0.3, -0.25) is 14.4 Å². The van der Waals surface area contributed by atoms with Crippen molar-refractivity contribution in [2.45, 2.75) is 57.8 Å². The minimum atomic E-state index is -0.824. The Labute approximate surface area is 207 Å². The van der Waals surface area contributed by atoms with E-state index in [0.717, 1.165) is 49.5 Å². The van der Waals surface area contributed by atoms with Crippen molar-refractivity contribution >= 4 is 17.4 Å². The van der Waals surface area contributed by atoms with Gasteiger partial charge in [0.05, 0.1) is 18.0 Å². The largest absolute Gasteiger partial charge is 0.396 e. The highest BCUT2D eigenvalue weighted by Gasteiger charge is 2.56. The summed E-state index contributed by atoms with van der Waals surface area (Å²) >= 11 is 0. The van der Waals surface area contributed by atoms with E-state index in [0.29, 0.717) is 11.3 Å². The molecule has 2 aliphatic heterocycles. The topological polar surface area (TPSA) is 91.6 Å². The van der Waals surface area contributed by atoms with Crippen LogP contribution in [0.2, 0.25) is 0 Å². The Morgan fingerprint density at radius 3 is 2.53 bits per heavy atom. The summed E-state index contributed by atoms with van der Waals surface area (Å²) in [5.74, 6) is -3.61. The van der Waals surface area contributed by atoms with Crippen molar-refractivity contribution in [3.05, 3.63) is 75.2 Å². The molecule has 1 aliphatic carbocycles. The predicted molar refractivity (Wildman–Crippen MR) is 128 cm³/mol. The molecule has 4 atom stereocenters. The van der Waals surface area contributed by atoms with Crippen LogP contribution in [0.3, 0.4) is 0 Å². The van der Waals surface area contributed by atoms with E-state index in [2.05, 4.69) is 11.4 Å². The normalized spacial score (nSPS) is 24.8. The van der Waals surface area contributed by atoms with E-state index in [-0.39, 0.29) is 36.7 Å². The molecular weight excluding hydrogens is 468 g/mol. The lowest BCUT2D eigenvalue weighted by atomic mass is 9.86. The number of aliphatic hydroxyl groups excluding tert-OH is 1. The number of nitrogens with zero attached hydrogens (tertiary/aromatic N) is 2. The van der Waals surface area contributed by atoms with Gasteiger partial charge >= 0.3 is 0 Å². The summed E-state index contributed by atoms with van der Waals surface area (Å²) < 4.78 is 28.8. The highest BCUT2D eigenvalue weighted by Crippen LogP contribution is 2.48. The lowest BCUT2D eigenvalue weighted by Gasteiger charge is -2.38. The minimum absolute atomic E-state index is 0.112. The van der Waals surface area contributed by atoms with Gasteiger partial charge in [-0.2, -0.15) is 0 Å². The molecule has 9 heteroatoms. The van der Waals surface area contributed by atoms with Crippen LogP contribution in [0.4, 0.5) is 8.78 Å². The highest BCUT2D eigenvalue weighted by molar-refractivity contribution is 5.83. The molecule has 2 aromatic rings. The van der Waals surface area contributed by atoms with Crippen LogP contribution in [0, 0.1) is 23.5 Å². The molecule has 0 saturated carbocycles. The number of pyridine rings is 1. The van der Waals surface area contributed by atoms with Crippen LogP contribution in [0.5, 0.6) is 0 Å². The number of rotatable bonds is 5. The maximum Gasteiger partial charge on any atom is 0.258 e. The van der Waals surface area contributed by atoms with Crippen LogP contribution in [0.25, 0.3) is 5.57 Å². The molecule has 2 N–H and O–H groups in total. The molecule has 2 amide bonds. The Bertz CT molecular complexity index is 1280. The van der Waals surface area contributed by atoms with E-state index in [1.54, 1.807) is 15.5 Å². The van der Waals surface area contributed by atoms with Gasteiger partial charge < -0.3 is 19.9 Å². The van der Waals surface area contributed by atoms with Crippen molar-refractivity contribution in [3.63, 3.8) is 0 Å². The Hall–Kier alpha value is -3.33. The van der Waals surface area contributed by atoms with E-state index in [1.165, 1.54) is 6.92 Å². The van der Waals surface area contributed by atoms with E-state index in [9.17, 15) is 28.3 Å². The van der Waals surface area contributed by atoms with Crippen LogP contribution in [0.1, 0.15) is 55.5 Å². The third kappa shape index (κ3) is 4.15. The molecule has 0 spiro atoms. The molecule has 36 heavy (non-hydrogen) atoms. The maximum atomic E-state index is 13.6. The van der Waals surface area contributed by atoms with E-state index in [4.69, 9.17) is 0 Å². The minimum Gasteiger partial charge on any atom is -0.396 e. The number of benzene rings is 1. The third-order valence-electron chi connectivity index (χ3n) is 7.74. The zero-order chi connectivity index (χ0) is 25.6. The summed E-state index contributed by atoms with van der Waals surface area (Å²) in [5.41, 5.74) is 2.33. The summed E-state index contributed by atoms with van der Waals surface area (Å²) in [6.45, 7) is 1.15. The van der Waals surface area contributed by atoms with Crippen molar-refractivity contribution in [2.24, 2.45) is 11.8 Å². The van der Waals surface area contributed by atoms with Gasteiger partial charge in [0.25, 0.3) is 5.56 Å². The molecule has 7 nitrogen and oxygen atoms in total. The number of hydrogen-bond acceptors (Lipinski definition) is 4. The van der Waals surface area contributed by atoms with Crippen LogP contribution in [-0.2, 0) is 22.7 Å². The molecule has 0 radical (unpaired) electrons. The number of amides is 2. The zero-order valence-electron chi connectivity index (χ0n) is 20.0. The SMILES string of the molecule is CC(=O)N1[C@@H]2Cn3c(ccc(C4=CCCCC4)c3=O)[C@H]1[C@@H](C(=O)NCc1cc(F)cc(F)c1)[C@@H]2CO. The van der Waals surface area contributed by atoms with Gasteiger partial charge in [0, 0.05) is 49.9 Å². The molecule has 0 unspecified atom stereocenters. The second-order valence-electron chi connectivity index (χ2n) is 9.87. The fraction of sp³-hybridized carbons (Fsp3) is 0.444. The van der Waals surface area contributed by atoms with Crippen molar-refractivity contribution in [3.8, 4) is 0 Å². The average Bonchev–Trinajstić information content (AvgIpc) is 3.10. The second kappa shape index (κ2) is 9.61. The van der Waals surface area contributed by atoms with Crippen molar-refractivity contribution in [2.75, 3.05) is 6.61 Å². The number of aliphatic hydroxyl groups is 1. The number of carbonyl (C=O) groups excluding carboxylic acids is 2. The number of hydrogen-bond donors (Lipinski definition) is 2. The number of fused-ring (bicyclic) bond motifs is 4. The molecule has 1 aromatic carbocycles. The first-order chi connectivity index (χ1) is 17.3. The molecule has 1 saturated heterocycles. The standard InChI is InChI=1S/C27H29F2N3O4/c1-15(34)32-23-13-31-22(8-7-20(27(31)36)17-5-3-2-4-6-17)25(32)24(21(23)14-33)26(35)30-12-16-9-18(28)11-19(29)10-16/h5,7-11,21,23-25,33H,2-4,6,12-14H2,1H3,(H,30,35)/t21-,23-,24+,25+/m1/s1. The first-order valence-corrected chi connectivity index (χ1v) is 12.4. The summed E-state index contributed by atoms with van der Waals surface area (Å²) in [6.07, 6.45) is 6.01. The third-order valence-corrected chi connectivity index (χ3v) is 7.74. The van der Waals surface area contributed by atoms with Crippen LogP contribution in [0.15, 0.2) is 41.2 Å². The Morgan fingerprint density at radius 2 is 1.89 bits per heavy atom. The summed E-state index contributed by atoms with van der Waals surface area (Å²) in [4.78, 5) is 41.3. The number of halogens is 2. The Balaban J connectivity index is 1.51. The smallest absolute Gasteiger partial charge is 0.258 e. The molecular formula is C27H29F2N3O4. The first kappa shape index (κ1) is 24.4. The molecule has 190 valence electrons. The molecule has 3 heterocycles. The molecule has 5 rings (SSSR count). The van der Waals surface area contributed by atoms with E-state index < -0.39 is 41.5 Å². The van der Waals surface area contributed by atoms with Gasteiger partial charge in [0.1, 0.15) is 11.6 Å². The fourth-order valence-electron chi connectivity index (χ4n) is 6.18. The fourth-order valence-corrected chi connectivity index (χ4v) is 6.18. The molecule has 2 bridgehead atoms. The molecule has 3 aliphatic rings. The van der Waals surface area contributed by atoms with Crippen molar-refractivity contribution < 1.29 is 23.5 Å². The molecule has 1 aromatic heterocycles. The Morgan fingerprint density at radius 1 is 1.14 bits per heavy atom. The van der Waals surface area contributed by atoms with Gasteiger partial charge in [-0.1, -0.05) is 6.08 Å². The lowest BCUT2D eigenvalue weighted by Crippen LogP contribution is -2.48. The number of nitrogens with one attached hydrogen (secondary N) is 1. The number of aromatic nitrogens is 1.